The van der Waals surface area contributed by atoms with Gasteiger partial charge in [-0.2, -0.15) is 5.10 Å². The Labute approximate surface area is 81.8 Å². The van der Waals surface area contributed by atoms with Crippen LogP contribution in [0, 0.1) is 6.92 Å². The molecule has 0 radical (unpaired) electrons. The van der Waals surface area contributed by atoms with Crippen LogP contribution in [0.4, 0.5) is 4.79 Å². The fourth-order valence-electron chi connectivity index (χ4n) is 0.833. The predicted octanol–water partition coefficient (Wildman–Crippen LogP) is 1.08. The van der Waals surface area contributed by atoms with Gasteiger partial charge in [0.1, 0.15) is 0 Å². The zero-order valence-electron chi connectivity index (χ0n) is 8.02. The summed E-state index contributed by atoms with van der Waals surface area (Å²) < 4.78 is 4.33. The van der Waals surface area contributed by atoms with Crippen LogP contribution in [-0.4, -0.2) is 24.4 Å². The zero-order valence-corrected chi connectivity index (χ0v) is 8.02. The molecule has 1 rings (SSSR count). The van der Waals surface area contributed by atoms with Crippen molar-refractivity contribution in [1.29, 1.82) is 0 Å². The Morgan fingerprint density at radius 1 is 1.64 bits per heavy atom. The highest BCUT2D eigenvalue weighted by Crippen LogP contribution is 1.94. The van der Waals surface area contributed by atoms with Gasteiger partial charge in [0.2, 0.25) is 0 Å². The Hall–Kier alpha value is -1.91. The molecule has 0 saturated heterocycles. The molecule has 0 unspecified atom stereocenters. The van der Waals surface area contributed by atoms with Crippen LogP contribution in [0.15, 0.2) is 23.3 Å². The van der Waals surface area contributed by atoms with E-state index in [1.807, 2.05) is 19.1 Å². The van der Waals surface area contributed by atoms with E-state index < -0.39 is 6.09 Å². The number of rotatable bonds is 2. The van der Waals surface area contributed by atoms with E-state index in [0.717, 1.165) is 5.69 Å². The molecule has 1 heterocycles. The van der Waals surface area contributed by atoms with E-state index in [2.05, 4.69) is 20.2 Å². The molecule has 14 heavy (non-hydrogen) atoms. The van der Waals surface area contributed by atoms with Crippen molar-refractivity contribution in [2.75, 3.05) is 7.11 Å². The SMILES string of the molecule is COC(=O)N/N=C\c1cccc(C)n1. The zero-order chi connectivity index (χ0) is 10.4. The minimum Gasteiger partial charge on any atom is -0.452 e. The van der Waals surface area contributed by atoms with Crippen molar-refractivity contribution in [3.05, 3.63) is 29.6 Å². The molecule has 1 N–H and O–H groups in total. The van der Waals surface area contributed by atoms with Crippen molar-refractivity contribution in [2.24, 2.45) is 5.10 Å². The Morgan fingerprint density at radius 3 is 3.07 bits per heavy atom. The van der Waals surface area contributed by atoms with E-state index in [-0.39, 0.29) is 0 Å². The predicted molar refractivity (Wildman–Crippen MR) is 52.1 cm³/mol. The van der Waals surface area contributed by atoms with Crippen molar-refractivity contribution in [3.8, 4) is 0 Å². The monoisotopic (exact) mass is 193 g/mol. The number of nitrogens with zero attached hydrogens (tertiary/aromatic N) is 2. The van der Waals surface area contributed by atoms with Gasteiger partial charge in [-0.15, -0.1) is 0 Å². The first-order chi connectivity index (χ1) is 6.72. The summed E-state index contributed by atoms with van der Waals surface area (Å²) in [6.45, 7) is 1.88. The second kappa shape index (κ2) is 4.96. The molecule has 5 heteroatoms. The van der Waals surface area contributed by atoms with E-state index >= 15 is 0 Å². The third-order valence-corrected chi connectivity index (χ3v) is 1.45. The van der Waals surface area contributed by atoms with Gasteiger partial charge >= 0.3 is 6.09 Å². The lowest BCUT2D eigenvalue weighted by atomic mass is 10.3. The third-order valence-electron chi connectivity index (χ3n) is 1.45. The summed E-state index contributed by atoms with van der Waals surface area (Å²) in [7, 11) is 1.27. The van der Waals surface area contributed by atoms with Gasteiger partial charge in [0.05, 0.1) is 19.0 Å². The van der Waals surface area contributed by atoms with E-state index in [1.54, 1.807) is 6.07 Å². The summed E-state index contributed by atoms with van der Waals surface area (Å²) in [6, 6.07) is 5.53. The quantitative estimate of drug-likeness (QED) is 0.564. The fraction of sp³-hybridized carbons (Fsp3) is 0.222. The van der Waals surface area contributed by atoms with E-state index in [4.69, 9.17) is 0 Å². The van der Waals surface area contributed by atoms with Gasteiger partial charge in [-0.3, -0.25) is 4.98 Å². The van der Waals surface area contributed by atoms with Crippen molar-refractivity contribution < 1.29 is 9.53 Å². The average molecular weight is 193 g/mol. The fourth-order valence-corrected chi connectivity index (χ4v) is 0.833. The summed E-state index contributed by atoms with van der Waals surface area (Å²) in [5.74, 6) is 0. The van der Waals surface area contributed by atoms with Crippen molar-refractivity contribution in [2.45, 2.75) is 6.92 Å². The lowest BCUT2D eigenvalue weighted by molar-refractivity contribution is 0.171. The number of nitrogens with one attached hydrogen (secondary N) is 1. The number of pyridine rings is 1. The molecule has 0 aromatic carbocycles. The number of aromatic nitrogens is 1. The van der Waals surface area contributed by atoms with Gasteiger partial charge < -0.3 is 4.74 Å². The number of methoxy groups -OCH3 is 1. The molecule has 0 saturated carbocycles. The van der Waals surface area contributed by atoms with Gasteiger partial charge in [0, 0.05) is 5.69 Å². The average Bonchev–Trinajstić information content (AvgIpc) is 2.17. The Balaban J connectivity index is 2.56. The molecule has 0 fully saturated rings. The number of hydrogen-bond donors (Lipinski definition) is 1. The van der Waals surface area contributed by atoms with Gasteiger partial charge in [-0.05, 0) is 19.1 Å². The molecule has 0 bridgehead atoms. The number of hydrogen-bond acceptors (Lipinski definition) is 4. The summed E-state index contributed by atoms with van der Waals surface area (Å²) >= 11 is 0. The lowest BCUT2D eigenvalue weighted by Crippen LogP contribution is -2.16. The van der Waals surface area contributed by atoms with Crippen molar-refractivity contribution >= 4 is 12.3 Å². The number of aryl methyl sites for hydroxylation is 1. The van der Waals surface area contributed by atoms with Crippen LogP contribution in [-0.2, 0) is 4.74 Å². The van der Waals surface area contributed by atoms with E-state index in [1.165, 1.54) is 13.3 Å². The highest BCUT2D eigenvalue weighted by molar-refractivity contribution is 5.78. The number of ether oxygens (including phenoxy) is 1. The molecule has 5 nitrogen and oxygen atoms in total. The van der Waals surface area contributed by atoms with Crippen LogP contribution >= 0.6 is 0 Å². The van der Waals surface area contributed by atoms with E-state index in [0.29, 0.717) is 5.69 Å². The smallest absolute Gasteiger partial charge is 0.427 e. The highest BCUT2D eigenvalue weighted by Gasteiger charge is 1.93. The third kappa shape index (κ3) is 3.22. The Kier molecular flexibility index (Phi) is 3.60. The van der Waals surface area contributed by atoms with Crippen molar-refractivity contribution in [1.82, 2.24) is 10.4 Å². The second-order valence-corrected chi connectivity index (χ2v) is 2.57. The first kappa shape index (κ1) is 10.2. The molecule has 0 aliphatic carbocycles. The van der Waals surface area contributed by atoms with Gasteiger partial charge in [-0.25, -0.2) is 10.2 Å². The molecule has 1 aromatic rings. The van der Waals surface area contributed by atoms with Gasteiger partial charge in [-0.1, -0.05) is 6.07 Å². The topological polar surface area (TPSA) is 63.6 Å². The molecule has 1 amide bonds. The summed E-state index contributed by atoms with van der Waals surface area (Å²) in [5, 5.41) is 3.64. The van der Waals surface area contributed by atoms with Gasteiger partial charge in [0.15, 0.2) is 0 Å². The van der Waals surface area contributed by atoms with Crippen LogP contribution < -0.4 is 5.43 Å². The maximum Gasteiger partial charge on any atom is 0.427 e. The van der Waals surface area contributed by atoms with Crippen LogP contribution in [0.5, 0.6) is 0 Å². The number of carbonyl (C=O) groups excluding carboxylic acids is 1. The molecule has 74 valence electrons. The summed E-state index contributed by atoms with van der Waals surface area (Å²) in [5.41, 5.74) is 3.75. The maximum atomic E-state index is 10.6. The largest absolute Gasteiger partial charge is 0.452 e. The first-order valence-electron chi connectivity index (χ1n) is 4.03. The minimum absolute atomic E-state index is 0.603. The summed E-state index contributed by atoms with van der Waals surface area (Å²) in [4.78, 5) is 14.8. The van der Waals surface area contributed by atoms with E-state index in [9.17, 15) is 4.79 Å². The number of hydrazone groups is 1. The molecule has 0 aliphatic rings. The molecule has 0 spiro atoms. The maximum absolute atomic E-state index is 10.6. The van der Waals surface area contributed by atoms with Crippen LogP contribution in [0.3, 0.4) is 0 Å². The Morgan fingerprint density at radius 2 is 2.43 bits per heavy atom. The Bertz CT molecular complexity index is 350. The minimum atomic E-state index is -0.603. The normalized spacial score (nSPS) is 10.1. The first-order valence-corrected chi connectivity index (χ1v) is 4.03. The highest BCUT2D eigenvalue weighted by atomic mass is 16.5. The molecule has 0 aliphatic heterocycles. The summed E-state index contributed by atoms with van der Waals surface area (Å²) in [6.07, 6.45) is 0.845. The second-order valence-electron chi connectivity index (χ2n) is 2.57. The standard InChI is InChI=1S/C9H11N3O2/c1-7-4-3-5-8(11-7)6-10-12-9(13)14-2/h3-6H,1-2H3,(H,12,13)/b10-6-. The van der Waals surface area contributed by atoms with Crippen LogP contribution in [0.2, 0.25) is 0 Å². The molecule has 0 atom stereocenters. The molecular formula is C9H11N3O2. The number of amides is 1. The van der Waals surface area contributed by atoms with Gasteiger partial charge in [0.25, 0.3) is 0 Å². The molecule has 1 aromatic heterocycles. The number of carbonyl (C=O) groups is 1. The molecular weight excluding hydrogens is 182 g/mol. The van der Waals surface area contributed by atoms with Crippen molar-refractivity contribution in [3.63, 3.8) is 0 Å². The van der Waals surface area contributed by atoms with Crippen LogP contribution in [0.1, 0.15) is 11.4 Å². The van der Waals surface area contributed by atoms with Crippen LogP contribution in [0.25, 0.3) is 0 Å². The lowest BCUT2D eigenvalue weighted by Gasteiger charge is -1.96.